The van der Waals surface area contributed by atoms with E-state index in [-0.39, 0.29) is 0 Å². The van der Waals surface area contributed by atoms with Crippen LogP contribution < -0.4 is 5.32 Å². The molecule has 1 N–H and O–H groups in total. The molecule has 0 aromatic carbocycles. The highest BCUT2D eigenvalue weighted by atomic mass is 32.1. The molecule has 2 heterocycles. The van der Waals surface area contributed by atoms with E-state index in [2.05, 4.69) is 37.1 Å². The van der Waals surface area contributed by atoms with E-state index in [0.29, 0.717) is 0 Å². The molecule has 0 spiro atoms. The van der Waals surface area contributed by atoms with Crippen LogP contribution in [0.3, 0.4) is 0 Å². The predicted octanol–water partition coefficient (Wildman–Crippen LogP) is 3.33. The first kappa shape index (κ1) is 13.6. The van der Waals surface area contributed by atoms with E-state index in [0.717, 1.165) is 24.5 Å². The maximum absolute atomic E-state index is 3.78. The average molecular weight is 278 g/mol. The standard InChI is InChI=1S/C16H26N2S/c1-4-14-8-17-16(13-5-6-13)10-18(14)9-15-7-11(2)12(3)19-15/h7,13-14,16-17H,4-6,8-10H2,1-3H3. The van der Waals surface area contributed by atoms with Crippen molar-refractivity contribution in [3.8, 4) is 0 Å². The van der Waals surface area contributed by atoms with Crippen LogP contribution in [0.15, 0.2) is 6.07 Å². The minimum absolute atomic E-state index is 0.720. The molecule has 3 rings (SSSR count). The molecule has 2 atom stereocenters. The van der Waals surface area contributed by atoms with Gasteiger partial charge >= 0.3 is 0 Å². The Balaban J connectivity index is 1.68. The van der Waals surface area contributed by atoms with E-state index < -0.39 is 0 Å². The zero-order valence-corrected chi connectivity index (χ0v) is 13.2. The number of hydrogen-bond acceptors (Lipinski definition) is 3. The molecular formula is C16H26N2S. The summed E-state index contributed by atoms with van der Waals surface area (Å²) >= 11 is 1.98. The molecule has 2 fully saturated rings. The molecule has 1 aliphatic carbocycles. The molecule has 0 radical (unpaired) electrons. The van der Waals surface area contributed by atoms with Gasteiger partial charge in [-0.2, -0.15) is 0 Å². The first-order valence-electron chi connectivity index (χ1n) is 7.70. The van der Waals surface area contributed by atoms with Crippen molar-refractivity contribution < 1.29 is 0 Å². The number of rotatable bonds is 4. The lowest BCUT2D eigenvalue weighted by Gasteiger charge is -2.40. The second-order valence-electron chi connectivity index (χ2n) is 6.30. The predicted molar refractivity (Wildman–Crippen MR) is 82.8 cm³/mol. The Morgan fingerprint density at radius 3 is 2.74 bits per heavy atom. The van der Waals surface area contributed by atoms with Gasteiger partial charge in [-0.05, 0) is 50.7 Å². The minimum atomic E-state index is 0.720. The molecule has 1 saturated carbocycles. The lowest BCUT2D eigenvalue weighted by molar-refractivity contribution is 0.113. The third-order valence-electron chi connectivity index (χ3n) is 4.80. The van der Waals surface area contributed by atoms with Crippen LogP contribution in [0.2, 0.25) is 0 Å². The molecule has 1 saturated heterocycles. The van der Waals surface area contributed by atoms with Gasteiger partial charge in [0.25, 0.3) is 0 Å². The summed E-state index contributed by atoms with van der Waals surface area (Å²) in [6.45, 7) is 10.4. The Bertz CT molecular complexity index is 416. The highest BCUT2D eigenvalue weighted by Gasteiger charge is 2.36. The van der Waals surface area contributed by atoms with Gasteiger partial charge in [0.15, 0.2) is 0 Å². The van der Waals surface area contributed by atoms with Crippen LogP contribution in [0.5, 0.6) is 0 Å². The van der Waals surface area contributed by atoms with Gasteiger partial charge < -0.3 is 5.32 Å². The Morgan fingerprint density at radius 2 is 2.16 bits per heavy atom. The second kappa shape index (κ2) is 5.55. The lowest BCUT2D eigenvalue weighted by Crippen LogP contribution is -2.56. The summed E-state index contributed by atoms with van der Waals surface area (Å²) in [5.74, 6) is 0.965. The van der Waals surface area contributed by atoms with E-state index in [1.165, 1.54) is 42.8 Å². The maximum Gasteiger partial charge on any atom is 0.0332 e. The summed E-state index contributed by atoms with van der Waals surface area (Å²) in [6.07, 6.45) is 4.15. The summed E-state index contributed by atoms with van der Waals surface area (Å²) < 4.78 is 0. The fourth-order valence-electron chi connectivity index (χ4n) is 3.22. The number of piperazine rings is 1. The summed E-state index contributed by atoms with van der Waals surface area (Å²) in [5, 5.41) is 3.78. The van der Waals surface area contributed by atoms with Crippen LogP contribution in [0.1, 0.15) is 41.5 Å². The molecule has 2 nitrogen and oxygen atoms in total. The van der Waals surface area contributed by atoms with Crippen LogP contribution in [0.4, 0.5) is 0 Å². The van der Waals surface area contributed by atoms with Gasteiger partial charge in [0, 0.05) is 41.5 Å². The first-order chi connectivity index (χ1) is 9.17. The van der Waals surface area contributed by atoms with Gasteiger partial charge in [0.2, 0.25) is 0 Å². The van der Waals surface area contributed by atoms with Gasteiger partial charge in [-0.1, -0.05) is 6.92 Å². The molecule has 106 valence electrons. The second-order valence-corrected chi connectivity index (χ2v) is 7.64. The maximum atomic E-state index is 3.78. The van der Waals surface area contributed by atoms with Gasteiger partial charge in [-0.3, -0.25) is 4.90 Å². The molecule has 1 aromatic heterocycles. The smallest absolute Gasteiger partial charge is 0.0332 e. The van der Waals surface area contributed by atoms with Crippen LogP contribution in [-0.4, -0.2) is 30.1 Å². The topological polar surface area (TPSA) is 15.3 Å². The van der Waals surface area contributed by atoms with Crippen molar-refractivity contribution in [3.05, 3.63) is 21.4 Å². The number of aryl methyl sites for hydroxylation is 2. The number of thiophene rings is 1. The van der Waals surface area contributed by atoms with Crippen molar-refractivity contribution in [2.75, 3.05) is 13.1 Å². The molecule has 3 heteroatoms. The third-order valence-corrected chi connectivity index (χ3v) is 5.94. The van der Waals surface area contributed by atoms with Crippen molar-refractivity contribution in [1.82, 2.24) is 10.2 Å². The Morgan fingerprint density at radius 1 is 1.37 bits per heavy atom. The van der Waals surface area contributed by atoms with E-state index >= 15 is 0 Å². The summed E-state index contributed by atoms with van der Waals surface area (Å²) in [4.78, 5) is 5.76. The normalized spacial score (nSPS) is 28.8. The zero-order chi connectivity index (χ0) is 13.4. The molecule has 0 amide bonds. The molecule has 19 heavy (non-hydrogen) atoms. The SMILES string of the molecule is CCC1CNC(C2CC2)CN1Cc1cc(C)c(C)s1. The Labute approximate surface area is 121 Å². The van der Waals surface area contributed by atoms with Crippen LogP contribution in [-0.2, 0) is 6.54 Å². The fourth-order valence-corrected chi connectivity index (χ4v) is 4.30. The van der Waals surface area contributed by atoms with Gasteiger partial charge in [0.1, 0.15) is 0 Å². The number of nitrogens with one attached hydrogen (secondary N) is 1. The lowest BCUT2D eigenvalue weighted by atomic mass is 10.0. The number of nitrogens with zero attached hydrogens (tertiary/aromatic N) is 1. The number of hydrogen-bond donors (Lipinski definition) is 1. The van der Waals surface area contributed by atoms with Crippen molar-refractivity contribution in [2.45, 2.75) is 58.7 Å². The molecule has 0 bridgehead atoms. The van der Waals surface area contributed by atoms with Crippen LogP contribution >= 0.6 is 11.3 Å². The molecule has 1 aliphatic heterocycles. The highest BCUT2D eigenvalue weighted by molar-refractivity contribution is 7.12. The van der Waals surface area contributed by atoms with E-state index in [1.807, 2.05) is 11.3 Å². The molecule has 2 aliphatic rings. The van der Waals surface area contributed by atoms with E-state index in [1.54, 1.807) is 4.88 Å². The Hall–Kier alpha value is -0.380. The molecule has 1 aromatic rings. The van der Waals surface area contributed by atoms with Crippen molar-refractivity contribution in [1.29, 1.82) is 0 Å². The van der Waals surface area contributed by atoms with Crippen molar-refractivity contribution in [3.63, 3.8) is 0 Å². The van der Waals surface area contributed by atoms with Gasteiger partial charge in [-0.15, -0.1) is 11.3 Å². The minimum Gasteiger partial charge on any atom is -0.311 e. The third kappa shape index (κ3) is 3.04. The summed E-state index contributed by atoms with van der Waals surface area (Å²) in [6, 6.07) is 3.86. The highest BCUT2D eigenvalue weighted by Crippen LogP contribution is 2.35. The summed E-state index contributed by atoms with van der Waals surface area (Å²) in [7, 11) is 0. The Kier molecular flexibility index (Phi) is 3.97. The van der Waals surface area contributed by atoms with Crippen molar-refractivity contribution >= 4 is 11.3 Å². The zero-order valence-electron chi connectivity index (χ0n) is 12.4. The van der Waals surface area contributed by atoms with E-state index in [9.17, 15) is 0 Å². The summed E-state index contributed by atoms with van der Waals surface area (Å²) in [5.41, 5.74) is 1.46. The fraction of sp³-hybridized carbons (Fsp3) is 0.750. The van der Waals surface area contributed by atoms with E-state index in [4.69, 9.17) is 0 Å². The van der Waals surface area contributed by atoms with Gasteiger partial charge in [-0.25, -0.2) is 0 Å². The van der Waals surface area contributed by atoms with Gasteiger partial charge in [0.05, 0.1) is 0 Å². The molecular weight excluding hydrogens is 252 g/mol. The average Bonchev–Trinajstić information content (AvgIpc) is 3.18. The monoisotopic (exact) mass is 278 g/mol. The quantitative estimate of drug-likeness (QED) is 0.909. The molecule has 2 unspecified atom stereocenters. The first-order valence-corrected chi connectivity index (χ1v) is 8.52. The van der Waals surface area contributed by atoms with Crippen LogP contribution in [0, 0.1) is 19.8 Å². The van der Waals surface area contributed by atoms with Crippen LogP contribution in [0.25, 0.3) is 0 Å². The van der Waals surface area contributed by atoms with Crippen molar-refractivity contribution in [2.24, 2.45) is 5.92 Å². The largest absolute Gasteiger partial charge is 0.311 e.